The molecule has 2 aliphatic carbocycles. The molecule has 108 valence electrons. The van der Waals surface area contributed by atoms with Gasteiger partial charge in [-0.1, -0.05) is 26.2 Å². The summed E-state index contributed by atoms with van der Waals surface area (Å²) >= 11 is 0. The molecule has 0 saturated heterocycles. The summed E-state index contributed by atoms with van der Waals surface area (Å²) < 4.78 is 0. The Morgan fingerprint density at radius 2 is 1.79 bits per heavy atom. The lowest BCUT2D eigenvalue weighted by molar-refractivity contribution is -0.141. The second-order valence-electron chi connectivity index (χ2n) is 6.11. The van der Waals surface area contributed by atoms with Gasteiger partial charge in [-0.3, -0.25) is 0 Å². The first-order valence-corrected chi connectivity index (χ1v) is 7.36. The van der Waals surface area contributed by atoms with E-state index in [1.54, 1.807) is 0 Å². The lowest BCUT2D eigenvalue weighted by atomic mass is 9.82. The molecule has 0 aliphatic heterocycles. The number of carboxylic acid groups (broad SMARTS) is 1. The summed E-state index contributed by atoms with van der Waals surface area (Å²) in [5.41, 5.74) is 0. The molecule has 0 aromatic rings. The summed E-state index contributed by atoms with van der Waals surface area (Å²) in [5.74, 6) is -0.166. The van der Waals surface area contributed by atoms with Gasteiger partial charge in [-0.05, 0) is 37.5 Å². The minimum atomic E-state index is -0.913. The molecule has 0 aromatic carbocycles. The largest absolute Gasteiger partial charge is 0.480 e. The van der Waals surface area contributed by atoms with E-state index in [0.29, 0.717) is 5.92 Å². The van der Waals surface area contributed by atoms with Crippen molar-refractivity contribution in [3.63, 3.8) is 0 Å². The number of hydrogen-bond donors (Lipinski definition) is 3. The van der Waals surface area contributed by atoms with Crippen LogP contribution in [0.2, 0.25) is 0 Å². The lowest BCUT2D eigenvalue weighted by Gasteiger charge is -2.34. The number of carbonyl (C=O) groups is 2. The van der Waals surface area contributed by atoms with Crippen molar-refractivity contribution in [2.45, 2.75) is 64.0 Å². The van der Waals surface area contributed by atoms with Crippen molar-refractivity contribution in [1.82, 2.24) is 10.6 Å². The van der Waals surface area contributed by atoms with Crippen LogP contribution in [0.15, 0.2) is 0 Å². The number of rotatable bonds is 4. The Morgan fingerprint density at radius 3 is 2.32 bits per heavy atom. The van der Waals surface area contributed by atoms with E-state index in [1.165, 1.54) is 6.42 Å². The average molecular weight is 268 g/mol. The monoisotopic (exact) mass is 268 g/mol. The van der Waals surface area contributed by atoms with Crippen molar-refractivity contribution in [2.75, 3.05) is 0 Å². The summed E-state index contributed by atoms with van der Waals surface area (Å²) in [6, 6.07) is -0.844. The van der Waals surface area contributed by atoms with Crippen LogP contribution in [-0.4, -0.2) is 29.2 Å². The molecule has 2 amide bonds. The first-order chi connectivity index (χ1) is 9.06. The van der Waals surface area contributed by atoms with Gasteiger partial charge in [0.2, 0.25) is 0 Å². The molecule has 3 N–H and O–H groups in total. The molecule has 0 heterocycles. The first-order valence-electron chi connectivity index (χ1n) is 7.36. The molecule has 2 aliphatic rings. The zero-order valence-corrected chi connectivity index (χ0v) is 11.5. The normalized spacial score (nSPS) is 29.1. The number of carbonyl (C=O) groups excluding carboxylic acids is 1. The Hall–Kier alpha value is -1.26. The average Bonchev–Trinajstić information content (AvgIpc) is 2.35. The molecule has 0 bridgehead atoms. The van der Waals surface area contributed by atoms with Crippen molar-refractivity contribution in [2.24, 2.45) is 11.8 Å². The van der Waals surface area contributed by atoms with Gasteiger partial charge in [-0.2, -0.15) is 0 Å². The van der Waals surface area contributed by atoms with E-state index in [9.17, 15) is 14.7 Å². The summed E-state index contributed by atoms with van der Waals surface area (Å²) in [4.78, 5) is 23.1. The van der Waals surface area contributed by atoms with E-state index in [1.807, 2.05) is 0 Å². The van der Waals surface area contributed by atoms with Crippen LogP contribution in [0.4, 0.5) is 4.79 Å². The molecule has 1 unspecified atom stereocenters. The summed E-state index contributed by atoms with van der Waals surface area (Å²) in [6.45, 7) is 2.15. The van der Waals surface area contributed by atoms with Crippen LogP contribution >= 0.6 is 0 Å². The Balaban J connectivity index is 1.81. The maximum Gasteiger partial charge on any atom is 0.326 e. The zero-order valence-electron chi connectivity index (χ0n) is 11.5. The molecular weight excluding hydrogens is 244 g/mol. The Labute approximate surface area is 114 Å². The molecule has 2 saturated carbocycles. The number of hydrogen-bond acceptors (Lipinski definition) is 2. The maximum absolute atomic E-state index is 11.8. The lowest BCUT2D eigenvalue weighted by Crippen LogP contribution is -2.54. The minimum absolute atomic E-state index is 0.0808. The Morgan fingerprint density at radius 1 is 1.16 bits per heavy atom. The van der Waals surface area contributed by atoms with Gasteiger partial charge in [0, 0.05) is 6.04 Å². The molecule has 2 rings (SSSR count). The number of amides is 2. The molecule has 5 nitrogen and oxygen atoms in total. The zero-order chi connectivity index (χ0) is 13.8. The van der Waals surface area contributed by atoms with Gasteiger partial charge in [0.1, 0.15) is 6.04 Å². The smallest absolute Gasteiger partial charge is 0.326 e. The van der Waals surface area contributed by atoms with Gasteiger partial charge in [0.25, 0.3) is 0 Å². The third-order valence-electron chi connectivity index (χ3n) is 4.38. The van der Waals surface area contributed by atoms with Gasteiger partial charge >= 0.3 is 12.0 Å². The SMILES string of the molecule is CC1CC(NC(=O)NC(C(=O)O)C2CCCCC2)C1. The van der Waals surface area contributed by atoms with E-state index in [4.69, 9.17) is 0 Å². The third kappa shape index (κ3) is 3.85. The van der Waals surface area contributed by atoms with Crippen LogP contribution in [0, 0.1) is 11.8 Å². The molecule has 0 aromatic heterocycles. The van der Waals surface area contributed by atoms with Crippen molar-refractivity contribution in [3.8, 4) is 0 Å². The number of urea groups is 1. The topological polar surface area (TPSA) is 78.4 Å². The van der Waals surface area contributed by atoms with Crippen LogP contribution < -0.4 is 10.6 Å². The minimum Gasteiger partial charge on any atom is -0.480 e. The van der Waals surface area contributed by atoms with Crippen molar-refractivity contribution in [3.05, 3.63) is 0 Å². The Bertz CT molecular complexity index is 334. The van der Waals surface area contributed by atoms with Crippen LogP contribution in [0.1, 0.15) is 51.9 Å². The van der Waals surface area contributed by atoms with E-state index in [2.05, 4.69) is 17.6 Å². The van der Waals surface area contributed by atoms with E-state index >= 15 is 0 Å². The van der Waals surface area contributed by atoms with Crippen molar-refractivity contribution >= 4 is 12.0 Å². The highest BCUT2D eigenvalue weighted by molar-refractivity contribution is 5.82. The van der Waals surface area contributed by atoms with Gasteiger partial charge in [-0.25, -0.2) is 9.59 Å². The van der Waals surface area contributed by atoms with Crippen molar-refractivity contribution in [1.29, 1.82) is 0 Å². The third-order valence-corrected chi connectivity index (χ3v) is 4.38. The predicted molar refractivity (Wildman–Crippen MR) is 71.9 cm³/mol. The number of carboxylic acids is 1. The van der Waals surface area contributed by atoms with Crippen LogP contribution in [0.3, 0.4) is 0 Å². The highest BCUT2D eigenvalue weighted by atomic mass is 16.4. The number of aliphatic carboxylic acids is 1. The second kappa shape index (κ2) is 6.26. The van der Waals surface area contributed by atoms with Gasteiger partial charge in [-0.15, -0.1) is 0 Å². The summed E-state index contributed by atoms with van der Waals surface area (Å²) in [6.07, 6.45) is 7.10. The fraction of sp³-hybridized carbons (Fsp3) is 0.857. The fourth-order valence-corrected chi connectivity index (χ4v) is 3.24. The van der Waals surface area contributed by atoms with E-state index in [0.717, 1.165) is 38.5 Å². The predicted octanol–water partition coefficient (Wildman–Crippen LogP) is 2.12. The highest BCUT2D eigenvalue weighted by Crippen LogP contribution is 2.27. The van der Waals surface area contributed by atoms with Gasteiger partial charge < -0.3 is 15.7 Å². The van der Waals surface area contributed by atoms with E-state index < -0.39 is 12.0 Å². The molecule has 2 fully saturated rings. The first kappa shape index (κ1) is 14.2. The molecule has 19 heavy (non-hydrogen) atoms. The molecule has 1 atom stereocenters. The van der Waals surface area contributed by atoms with Crippen LogP contribution in [0.5, 0.6) is 0 Å². The molecule has 0 radical (unpaired) electrons. The van der Waals surface area contributed by atoms with Gasteiger partial charge in [0.05, 0.1) is 0 Å². The second-order valence-corrected chi connectivity index (χ2v) is 6.11. The molecule has 0 spiro atoms. The molecule has 5 heteroatoms. The quantitative estimate of drug-likeness (QED) is 0.730. The summed E-state index contributed by atoms with van der Waals surface area (Å²) in [7, 11) is 0. The standard InChI is InChI=1S/C14H24N2O3/c1-9-7-11(8-9)15-14(19)16-12(13(17)18)10-5-3-2-4-6-10/h9-12H,2-8H2,1H3,(H,17,18)(H2,15,16,19). The van der Waals surface area contributed by atoms with Crippen LogP contribution in [0.25, 0.3) is 0 Å². The summed E-state index contributed by atoms with van der Waals surface area (Å²) in [5, 5.41) is 14.8. The van der Waals surface area contributed by atoms with Crippen LogP contribution in [-0.2, 0) is 4.79 Å². The fourth-order valence-electron chi connectivity index (χ4n) is 3.24. The highest BCUT2D eigenvalue weighted by Gasteiger charge is 2.32. The number of nitrogens with one attached hydrogen (secondary N) is 2. The van der Waals surface area contributed by atoms with E-state index in [-0.39, 0.29) is 18.0 Å². The Kier molecular flexibility index (Phi) is 4.66. The van der Waals surface area contributed by atoms with Gasteiger partial charge in [0.15, 0.2) is 0 Å². The molecular formula is C14H24N2O3. The maximum atomic E-state index is 11.8. The van der Waals surface area contributed by atoms with Crippen molar-refractivity contribution < 1.29 is 14.7 Å².